The van der Waals surface area contributed by atoms with Crippen LogP contribution in [0.5, 0.6) is 0 Å². The molecular weight excluding hydrogens is 466 g/mol. The highest BCUT2D eigenvalue weighted by Crippen LogP contribution is 2.30. The monoisotopic (exact) mass is 495 g/mol. The summed E-state index contributed by atoms with van der Waals surface area (Å²) in [5.74, 6) is 1.99. The highest BCUT2D eigenvalue weighted by Gasteiger charge is 2.26. The molecule has 10 heteroatoms. The van der Waals surface area contributed by atoms with Gasteiger partial charge in [-0.2, -0.15) is 0 Å². The molecule has 1 amide bonds. The van der Waals surface area contributed by atoms with Gasteiger partial charge in [-0.05, 0) is 56.2 Å². The number of hydrogen-bond donors (Lipinski definition) is 3. The number of aromatic nitrogens is 4. The van der Waals surface area contributed by atoms with Gasteiger partial charge in [-0.15, -0.1) is 0 Å². The summed E-state index contributed by atoms with van der Waals surface area (Å²) in [5, 5.41) is 11.4. The molecular formula is C25H30ClN7O2. The van der Waals surface area contributed by atoms with Crippen LogP contribution in [0.15, 0.2) is 36.8 Å². The van der Waals surface area contributed by atoms with Crippen LogP contribution >= 0.6 is 11.6 Å². The molecule has 0 aromatic carbocycles. The predicted molar refractivity (Wildman–Crippen MR) is 135 cm³/mol. The van der Waals surface area contributed by atoms with E-state index in [1.165, 1.54) is 0 Å². The van der Waals surface area contributed by atoms with Crippen molar-refractivity contribution in [1.29, 1.82) is 0 Å². The van der Waals surface area contributed by atoms with Gasteiger partial charge in [0.2, 0.25) is 11.9 Å². The van der Waals surface area contributed by atoms with Crippen LogP contribution in [0.2, 0.25) is 5.15 Å². The molecule has 5 rings (SSSR count). The van der Waals surface area contributed by atoms with Crippen LogP contribution in [0, 0.1) is 5.92 Å². The molecule has 1 aliphatic carbocycles. The lowest BCUT2D eigenvalue weighted by Crippen LogP contribution is -2.49. The van der Waals surface area contributed by atoms with Gasteiger partial charge in [0.15, 0.2) is 0 Å². The Morgan fingerprint density at radius 3 is 2.57 bits per heavy atom. The number of carbonyl (C=O) groups is 1. The Morgan fingerprint density at radius 1 is 1.09 bits per heavy atom. The molecule has 0 unspecified atom stereocenters. The molecule has 0 bridgehead atoms. The number of nitrogens with zero attached hydrogens (tertiary/aromatic N) is 4. The highest BCUT2D eigenvalue weighted by molar-refractivity contribution is 6.30. The zero-order valence-electron chi connectivity index (χ0n) is 19.7. The van der Waals surface area contributed by atoms with Gasteiger partial charge in [0.25, 0.3) is 0 Å². The van der Waals surface area contributed by atoms with Crippen molar-refractivity contribution in [2.75, 3.05) is 23.8 Å². The Bertz CT molecular complexity index is 1160. The third-order valence-electron chi connectivity index (χ3n) is 6.80. The number of pyridine rings is 2. The van der Waals surface area contributed by atoms with Crippen LogP contribution in [0.3, 0.4) is 0 Å². The fourth-order valence-electron chi connectivity index (χ4n) is 4.67. The normalized spacial score (nSPS) is 21.2. The van der Waals surface area contributed by atoms with E-state index in [0.29, 0.717) is 36.3 Å². The van der Waals surface area contributed by atoms with E-state index in [1.54, 1.807) is 24.7 Å². The maximum Gasteiger partial charge on any atom is 0.224 e. The maximum absolute atomic E-state index is 12.0. The lowest BCUT2D eigenvalue weighted by molar-refractivity contribution is -0.124. The van der Waals surface area contributed by atoms with Crippen LogP contribution in [-0.4, -0.2) is 57.2 Å². The minimum Gasteiger partial charge on any atom is -0.377 e. The molecule has 3 aromatic rings. The van der Waals surface area contributed by atoms with Gasteiger partial charge in [0.05, 0.1) is 31.2 Å². The van der Waals surface area contributed by atoms with Crippen molar-refractivity contribution in [3.8, 4) is 0 Å². The first-order valence-corrected chi connectivity index (χ1v) is 12.5. The van der Waals surface area contributed by atoms with Gasteiger partial charge in [0.1, 0.15) is 11.0 Å². The van der Waals surface area contributed by atoms with E-state index in [4.69, 9.17) is 21.3 Å². The molecule has 1 atom stereocenters. The van der Waals surface area contributed by atoms with Gasteiger partial charge >= 0.3 is 0 Å². The number of fused-ring (bicyclic) bond motifs is 1. The summed E-state index contributed by atoms with van der Waals surface area (Å²) in [6.45, 7) is 3.37. The average Bonchev–Trinajstić information content (AvgIpc) is 2.83. The maximum atomic E-state index is 12.0. The van der Waals surface area contributed by atoms with Crippen molar-refractivity contribution < 1.29 is 9.53 Å². The van der Waals surface area contributed by atoms with E-state index in [0.717, 1.165) is 48.0 Å². The fraction of sp³-hybridized carbons (Fsp3) is 0.480. The van der Waals surface area contributed by atoms with Crippen LogP contribution in [-0.2, 0) is 16.0 Å². The van der Waals surface area contributed by atoms with Crippen LogP contribution in [0.1, 0.15) is 38.2 Å². The first-order valence-electron chi connectivity index (χ1n) is 12.2. The van der Waals surface area contributed by atoms with E-state index >= 15 is 0 Å². The minimum absolute atomic E-state index is 0.0268. The summed E-state index contributed by atoms with van der Waals surface area (Å²) in [7, 11) is 0. The lowest BCUT2D eigenvalue weighted by atomic mass is 9.82. The van der Waals surface area contributed by atoms with E-state index in [2.05, 4.69) is 37.8 Å². The molecule has 9 nitrogen and oxygen atoms in total. The number of nitrogens with one attached hydrogen (secondary N) is 3. The molecule has 3 aromatic heterocycles. The van der Waals surface area contributed by atoms with Crippen molar-refractivity contribution in [2.24, 2.45) is 5.92 Å². The van der Waals surface area contributed by atoms with Crippen molar-refractivity contribution >= 4 is 40.2 Å². The first-order chi connectivity index (χ1) is 17.0. The molecule has 2 aliphatic rings. The Kier molecular flexibility index (Phi) is 7.24. The second kappa shape index (κ2) is 10.7. The molecule has 1 saturated heterocycles. The Hall–Kier alpha value is -3.04. The zero-order valence-corrected chi connectivity index (χ0v) is 20.5. The number of ether oxygens (including phenoxy) is 1. The van der Waals surface area contributed by atoms with Crippen LogP contribution in [0.4, 0.5) is 11.8 Å². The number of anilines is 2. The van der Waals surface area contributed by atoms with Crippen molar-refractivity contribution in [3.63, 3.8) is 0 Å². The molecule has 4 heterocycles. The zero-order chi connectivity index (χ0) is 24.2. The standard InChI is InChI=1S/C25H30ClN7O2/c1-15(30-25-28-10-16(11-29-25)8-24(34)32-20-13-35-14-20)17-2-5-19(6-3-17)31-23-7-4-18-12-27-22(26)9-21(18)33-23/h4,7,9-12,15,17,19-20H,2-3,5-6,8,13-14H2,1H3,(H,31,33)(H,32,34)(H,28,29,30)/t15-,17?,19?/m0/s1. The molecule has 2 fully saturated rings. The predicted octanol–water partition coefficient (Wildman–Crippen LogP) is 3.60. The number of halogens is 1. The molecule has 184 valence electrons. The Morgan fingerprint density at radius 2 is 1.86 bits per heavy atom. The van der Waals surface area contributed by atoms with Crippen molar-refractivity contribution in [2.45, 2.75) is 57.2 Å². The number of amides is 1. The summed E-state index contributed by atoms with van der Waals surface area (Å²) >= 11 is 6.01. The van der Waals surface area contributed by atoms with E-state index in [9.17, 15) is 4.79 Å². The Balaban J connectivity index is 1.08. The molecule has 1 saturated carbocycles. The molecule has 0 radical (unpaired) electrons. The fourth-order valence-corrected chi connectivity index (χ4v) is 4.82. The molecule has 35 heavy (non-hydrogen) atoms. The largest absolute Gasteiger partial charge is 0.377 e. The van der Waals surface area contributed by atoms with E-state index < -0.39 is 0 Å². The quantitative estimate of drug-likeness (QED) is 0.406. The number of hydrogen-bond acceptors (Lipinski definition) is 8. The second-order valence-corrected chi connectivity index (χ2v) is 9.87. The van der Waals surface area contributed by atoms with Crippen molar-refractivity contribution in [1.82, 2.24) is 25.3 Å². The van der Waals surface area contributed by atoms with Crippen LogP contribution in [0.25, 0.3) is 10.9 Å². The molecule has 0 spiro atoms. The van der Waals surface area contributed by atoms with Crippen LogP contribution < -0.4 is 16.0 Å². The van der Waals surface area contributed by atoms with Gasteiger partial charge in [-0.3, -0.25) is 4.79 Å². The average molecular weight is 496 g/mol. The third-order valence-corrected chi connectivity index (χ3v) is 7.01. The SMILES string of the molecule is C[C@H](Nc1ncc(CC(=O)NC2COC2)cn1)C1CCC(Nc2ccc3cnc(Cl)cc3n2)CC1. The molecule has 1 aliphatic heterocycles. The Labute approximate surface area is 209 Å². The third kappa shape index (κ3) is 6.15. The summed E-state index contributed by atoms with van der Waals surface area (Å²) in [5.41, 5.74) is 1.65. The second-order valence-electron chi connectivity index (χ2n) is 9.48. The van der Waals surface area contributed by atoms with E-state index in [-0.39, 0.29) is 24.4 Å². The van der Waals surface area contributed by atoms with Gasteiger partial charge in [-0.1, -0.05) is 11.6 Å². The minimum atomic E-state index is -0.0268. The summed E-state index contributed by atoms with van der Waals surface area (Å²) in [6, 6.07) is 6.61. The van der Waals surface area contributed by atoms with Gasteiger partial charge < -0.3 is 20.7 Å². The van der Waals surface area contributed by atoms with Gasteiger partial charge in [-0.25, -0.2) is 19.9 Å². The van der Waals surface area contributed by atoms with Crippen molar-refractivity contribution in [3.05, 3.63) is 47.5 Å². The lowest BCUT2D eigenvalue weighted by Gasteiger charge is -2.33. The molecule has 3 N–H and O–H groups in total. The number of rotatable bonds is 8. The summed E-state index contributed by atoms with van der Waals surface area (Å²) in [4.78, 5) is 29.7. The summed E-state index contributed by atoms with van der Waals surface area (Å²) in [6.07, 6.45) is 9.84. The van der Waals surface area contributed by atoms with E-state index in [1.807, 2.05) is 12.1 Å². The summed E-state index contributed by atoms with van der Waals surface area (Å²) < 4.78 is 5.08. The smallest absolute Gasteiger partial charge is 0.224 e. The van der Waals surface area contributed by atoms with Gasteiger partial charge in [0, 0.05) is 42.1 Å². The highest BCUT2D eigenvalue weighted by atomic mass is 35.5. The first kappa shape index (κ1) is 23.7. The number of carbonyl (C=O) groups excluding carboxylic acids is 1. The topological polar surface area (TPSA) is 114 Å².